The van der Waals surface area contributed by atoms with Crippen molar-refractivity contribution in [2.24, 2.45) is 5.92 Å². The lowest BCUT2D eigenvalue weighted by molar-refractivity contribution is -0.142. The zero-order valence-corrected chi connectivity index (χ0v) is 19.6. The first kappa shape index (κ1) is 26.1. The van der Waals surface area contributed by atoms with Crippen molar-refractivity contribution in [1.82, 2.24) is 16.0 Å². The van der Waals surface area contributed by atoms with Crippen molar-refractivity contribution >= 4 is 17.8 Å². The van der Waals surface area contributed by atoms with Crippen LogP contribution in [0.25, 0.3) is 0 Å². The van der Waals surface area contributed by atoms with Gasteiger partial charge in [0.15, 0.2) is 0 Å². The highest BCUT2D eigenvalue weighted by Gasteiger charge is 2.27. The van der Waals surface area contributed by atoms with Gasteiger partial charge in [-0.15, -0.1) is 0 Å². The number of carbonyl (C=O) groups is 3. The van der Waals surface area contributed by atoms with Gasteiger partial charge in [0.05, 0.1) is 6.54 Å². The van der Waals surface area contributed by atoms with E-state index in [9.17, 15) is 19.5 Å². The van der Waals surface area contributed by atoms with E-state index in [0.717, 1.165) is 5.56 Å². The topological polar surface area (TPSA) is 108 Å². The third kappa shape index (κ3) is 9.45. The molecule has 2 rings (SSSR count). The number of carboxylic acid groups (broad SMARTS) is 1. The van der Waals surface area contributed by atoms with Crippen molar-refractivity contribution in [2.75, 3.05) is 13.1 Å². The highest BCUT2D eigenvalue weighted by molar-refractivity contribution is 5.91. The van der Waals surface area contributed by atoms with E-state index in [4.69, 9.17) is 0 Å². The third-order valence-corrected chi connectivity index (χ3v) is 5.36. The first-order valence-corrected chi connectivity index (χ1v) is 11.4. The Hall–Kier alpha value is -3.19. The molecule has 0 spiro atoms. The van der Waals surface area contributed by atoms with Crippen molar-refractivity contribution in [3.8, 4) is 0 Å². The number of aliphatic carboxylic acids is 1. The van der Waals surface area contributed by atoms with E-state index in [1.54, 1.807) is 0 Å². The van der Waals surface area contributed by atoms with Crippen LogP contribution >= 0.6 is 0 Å². The molecule has 0 aliphatic rings. The molecule has 0 bridgehead atoms. The fourth-order valence-corrected chi connectivity index (χ4v) is 3.57. The van der Waals surface area contributed by atoms with Crippen LogP contribution in [-0.4, -0.2) is 48.1 Å². The highest BCUT2D eigenvalue weighted by atomic mass is 16.4. The van der Waals surface area contributed by atoms with E-state index in [2.05, 4.69) is 22.9 Å². The molecule has 2 amide bonds. The number of hydrogen-bond donors (Lipinski definition) is 4. The Kier molecular flexibility index (Phi) is 10.6. The van der Waals surface area contributed by atoms with Gasteiger partial charge < -0.3 is 21.1 Å². The molecule has 2 aromatic carbocycles. The van der Waals surface area contributed by atoms with Gasteiger partial charge in [0.1, 0.15) is 12.1 Å². The van der Waals surface area contributed by atoms with E-state index in [-0.39, 0.29) is 30.7 Å². The molecular formula is C26H35N3O4. The molecule has 0 unspecified atom stereocenters. The van der Waals surface area contributed by atoms with Crippen LogP contribution in [0.15, 0.2) is 60.7 Å². The zero-order valence-electron chi connectivity index (χ0n) is 19.6. The van der Waals surface area contributed by atoms with Crippen LogP contribution in [0.4, 0.5) is 0 Å². The fourth-order valence-electron chi connectivity index (χ4n) is 3.57. The van der Waals surface area contributed by atoms with Crippen molar-refractivity contribution in [3.05, 3.63) is 71.8 Å². The van der Waals surface area contributed by atoms with Crippen LogP contribution < -0.4 is 16.0 Å². The van der Waals surface area contributed by atoms with Crippen LogP contribution in [0, 0.1) is 5.92 Å². The molecule has 0 saturated heterocycles. The molecule has 0 heterocycles. The maximum Gasteiger partial charge on any atom is 0.326 e. The van der Waals surface area contributed by atoms with Crippen LogP contribution in [-0.2, 0) is 20.8 Å². The van der Waals surface area contributed by atoms with Crippen molar-refractivity contribution < 1.29 is 19.5 Å². The lowest BCUT2D eigenvalue weighted by Crippen LogP contribution is -2.54. The number of nitrogens with one attached hydrogen (secondary N) is 3. The van der Waals surface area contributed by atoms with Crippen LogP contribution in [0.5, 0.6) is 0 Å². The van der Waals surface area contributed by atoms with Gasteiger partial charge >= 0.3 is 5.97 Å². The van der Waals surface area contributed by atoms with Gasteiger partial charge in [-0.1, -0.05) is 81.4 Å². The molecule has 178 valence electrons. The Morgan fingerprint density at radius 2 is 1.45 bits per heavy atom. The van der Waals surface area contributed by atoms with Gasteiger partial charge in [-0.3, -0.25) is 9.59 Å². The maximum atomic E-state index is 12.9. The number of hydrogen-bond acceptors (Lipinski definition) is 4. The van der Waals surface area contributed by atoms with Crippen LogP contribution in [0.3, 0.4) is 0 Å². The van der Waals surface area contributed by atoms with Crippen molar-refractivity contribution in [3.63, 3.8) is 0 Å². The summed E-state index contributed by atoms with van der Waals surface area (Å²) in [6, 6.07) is 17.5. The number of benzene rings is 2. The molecule has 2 aromatic rings. The molecule has 0 aliphatic heterocycles. The molecule has 33 heavy (non-hydrogen) atoms. The van der Waals surface area contributed by atoms with Gasteiger partial charge in [-0.2, -0.15) is 0 Å². The Balaban J connectivity index is 1.98. The molecule has 0 saturated carbocycles. The van der Waals surface area contributed by atoms with Gasteiger partial charge in [-0.05, 0) is 29.4 Å². The summed E-state index contributed by atoms with van der Waals surface area (Å²) in [7, 11) is 0. The Morgan fingerprint density at radius 3 is 2.03 bits per heavy atom. The smallest absolute Gasteiger partial charge is 0.326 e. The predicted octanol–water partition coefficient (Wildman–Crippen LogP) is 2.72. The summed E-state index contributed by atoms with van der Waals surface area (Å²) in [4.78, 5) is 37.1. The first-order valence-electron chi connectivity index (χ1n) is 11.4. The Labute approximate surface area is 196 Å². The van der Waals surface area contributed by atoms with Gasteiger partial charge in [0.25, 0.3) is 0 Å². The number of carboxylic acids is 1. The number of amides is 2. The van der Waals surface area contributed by atoms with E-state index in [1.165, 1.54) is 5.56 Å². The minimum absolute atomic E-state index is 0.0596. The first-order chi connectivity index (χ1) is 15.8. The molecule has 7 heteroatoms. The lowest BCUT2D eigenvalue weighted by Gasteiger charge is -2.23. The SMILES string of the molecule is CC(C)C[C@@H](NC(=O)[C@@H](Cc1ccccc1)NC(=O)CNC[C@H](C)c1ccccc1)C(=O)O. The standard InChI is InChI=1S/C26H35N3O4/c1-18(2)14-23(26(32)33)29-25(31)22(15-20-10-6-4-7-11-20)28-24(30)17-27-16-19(3)21-12-8-5-9-13-21/h4-13,18-19,22-23,27H,14-17H2,1-3H3,(H,28,30)(H,29,31)(H,32,33)/t19-,22+,23+/m0/s1. The molecule has 0 radical (unpaired) electrons. The van der Waals surface area contributed by atoms with E-state index < -0.39 is 24.0 Å². The van der Waals surface area contributed by atoms with E-state index >= 15 is 0 Å². The second-order valence-electron chi connectivity index (χ2n) is 8.78. The molecule has 4 N–H and O–H groups in total. The minimum Gasteiger partial charge on any atom is -0.480 e. The van der Waals surface area contributed by atoms with E-state index in [1.807, 2.05) is 74.5 Å². The maximum absolute atomic E-state index is 12.9. The molecule has 0 fully saturated rings. The summed E-state index contributed by atoms with van der Waals surface area (Å²) in [5.41, 5.74) is 2.05. The van der Waals surface area contributed by atoms with Crippen LogP contribution in [0.1, 0.15) is 44.2 Å². The summed E-state index contributed by atoms with van der Waals surface area (Å²) in [6.07, 6.45) is 0.582. The van der Waals surface area contributed by atoms with Crippen molar-refractivity contribution in [1.29, 1.82) is 0 Å². The largest absolute Gasteiger partial charge is 0.480 e. The van der Waals surface area contributed by atoms with E-state index in [0.29, 0.717) is 13.0 Å². The molecule has 7 nitrogen and oxygen atoms in total. The monoisotopic (exact) mass is 453 g/mol. The Morgan fingerprint density at radius 1 is 0.848 bits per heavy atom. The average molecular weight is 454 g/mol. The number of carbonyl (C=O) groups excluding carboxylic acids is 2. The fraction of sp³-hybridized carbons (Fsp3) is 0.423. The Bertz CT molecular complexity index is 887. The van der Waals surface area contributed by atoms with Crippen molar-refractivity contribution in [2.45, 2.75) is 51.6 Å². The van der Waals surface area contributed by atoms with Crippen LogP contribution in [0.2, 0.25) is 0 Å². The quantitative estimate of drug-likeness (QED) is 0.373. The molecular weight excluding hydrogens is 418 g/mol. The van der Waals surface area contributed by atoms with Gasteiger partial charge in [0, 0.05) is 13.0 Å². The summed E-state index contributed by atoms with van der Waals surface area (Å²) in [5.74, 6) is -1.57. The second kappa shape index (κ2) is 13.4. The van der Waals surface area contributed by atoms with Gasteiger partial charge in [0.2, 0.25) is 11.8 Å². The zero-order chi connectivity index (χ0) is 24.2. The lowest BCUT2D eigenvalue weighted by atomic mass is 10.0. The molecule has 0 aliphatic carbocycles. The summed E-state index contributed by atoms with van der Waals surface area (Å²) < 4.78 is 0. The van der Waals surface area contributed by atoms with Gasteiger partial charge in [-0.25, -0.2) is 4.79 Å². The molecule has 0 aromatic heterocycles. The minimum atomic E-state index is -1.08. The third-order valence-electron chi connectivity index (χ3n) is 5.36. The highest BCUT2D eigenvalue weighted by Crippen LogP contribution is 2.13. The summed E-state index contributed by atoms with van der Waals surface area (Å²) >= 11 is 0. The summed E-state index contributed by atoms with van der Waals surface area (Å²) in [5, 5.41) is 18.0. The molecule has 3 atom stereocenters. The summed E-state index contributed by atoms with van der Waals surface area (Å²) in [6.45, 7) is 6.54. The predicted molar refractivity (Wildman–Crippen MR) is 129 cm³/mol. The number of rotatable bonds is 13. The average Bonchev–Trinajstić information content (AvgIpc) is 2.79. The second-order valence-corrected chi connectivity index (χ2v) is 8.78. The normalized spacial score (nSPS) is 13.7.